The van der Waals surface area contributed by atoms with Gasteiger partial charge in [0.25, 0.3) is 0 Å². The van der Waals surface area contributed by atoms with Gasteiger partial charge in [0.2, 0.25) is 0 Å². The van der Waals surface area contributed by atoms with Crippen molar-refractivity contribution in [2.24, 2.45) is 5.73 Å². The summed E-state index contributed by atoms with van der Waals surface area (Å²) >= 11 is 0. The summed E-state index contributed by atoms with van der Waals surface area (Å²) in [6.07, 6.45) is 1.45. The third-order valence-electron chi connectivity index (χ3n) is 2.52. The van der Waals surface area contributed by atoms with Gasteiger partial charge in [0.15, 0.2) is 9.84 Å². The Balaban J connectivity index is 0.00000128. The van der Waals surface area contributed by atoms with E-state index < -0.39 is 21.2 Å². The molecule has 1 saturated carbocycles. The van der Waals surface area contributed by atoms with Crippen LogP contribution in [-0.2, 0) is 9.84 Å². The monoisotopic (exact) mass is 265 g/mol. The molecule has 0 atom stereocenters. The molecule has 0 heterocycles. The number of nitrogens with two attached hydrogens (primary N) is 1. The van der Waals surface area contributed by atoms with Crippen LogP contribution in [0.5, 0.6) is 0 Å². The number of rotatable bonds is 3. The van der Waals surface area contributed by atoms with Crippen LogP contribution in [0.1, 0.15) is 12.8 Å². The summed E-state index contributed by atoms with van der Waals surface area (Å²) in [6.45, 7) is 0. The van der Waals surface area contributed by atoms with Crippen LogP contribution < -0.4 is 5.73 Å². The molecule has 0 radical (unpaired) electrons. The van der Waals surface area contributed by atoms with Gasteiger partial charge in [0.05, 0.1) is 10.6 Å². The summed E-state index contributed by atoms with van der Waals surface area (Å²) in [5.74, 6) is -0.637. The summed E-state index contributed by atoms with van der Waals surface area (Å²) in [5.41, 5.74) is 5.16. The molecule has 0 saturated heterocycles. The lowest BCUT2D eigenvalue weighted by Gasteiger charge is -2.09. The second-order valence-corrected chi connectivity index (χ2v) is 6.07. The third kappa shape index (κ3) is 2.93. The van der Waals surface area contributed by atoms with Gasteiger partial charge in [-0.1, -0.05) is 6.07 Å². The summed E-state index contributed by atoms with van der Waals surface area (Å²) in [5, 5.41) is 0. The van der Waals surface area contributed by atoms with Crippen LogP contribution in [0.3, 0.4) is 0 Å². The fourth-order valence-corrected chi connectivity index (χ4v) is 3.22. The molecule has 1 fully saturated rings. The SMILES string of the molecule is Cl.NC1(CS(=O)(=O)c2cccc(F)c2)CC1. The van der Waals surface area contributed by atoms with Crippen LogP contribution in [0.4, 0.5) is 4.39 Å². The van der Waals surface area contributed by atoms with Gasteiger partial charge in [0.1, 0.15) is 5.82 Å². The van der Waals surface area contributed by atoms with Gasteiger partial charge in [-0.3, -0.25) is 0 Å². The van der Waals surface area contributed by atoms with Crippen molar-refractivity contribution in [1.82, 2.24) is 0 Å². The van der Waals surface area contributed by atoms with Crippen molar-refractivity contribution in [2.75, 3.05) is 5.75 Å². The number of hydrogen-bond donors (Lipinski definition) is 1. The highest BCUT2D eigenvalue weighted by molar-refractivity contribution is 7.91. The summed E-state index contributed by atoms with van der Waals surface area (Å²) in [6, 6.07) is 5.03. The minimum atomic E-state index is -3.44. The molecule has 16 heavy (non-hydrogen) atoms. The maximum absolute atomic E-state index is 12.9. The molecule has 90 valence electrons. The molecule has 0 amide bonds. The minimum Gasteiger partial charge on any atom is -0.324 e. The zero-order valence-electron chi connectivity index (χ0n) is 8.52. The van der Waals surface area contributed by atoms with Gasteiger partial charge < -0.3 is 5.73 Å². The molecule has 2 N–H and O–H groups in total. The molecule has 0 unspecified atom stereocenters. The molecule has 6 heteroatoms. The molecule has 0 spiro atoms. The van der Waals surface area contributed by atoms with E-state index >= 15 is 0 Å². The van der Waals surface area contributed by atoms with Gasteiger partial charge >= 0.3 is 0 Å². The fourth-order valence-electron chi connectivity index (χ4n) is 1.43. The van der Waals surface area contributed by atoms with Crippen LogP contribution in [0.15, 0.2) is 29.2 Å². The van der Waals surface area contributed by atoms with E-state index in [-0.39, 0.29) is 23.1 Å². The van der Waals surface area contributed by atoms with Crippen molar-refractivity contribution >= 4 is 22.2 Å². The Hall–Kier alpha value is -0.650. The maximum Gasteiger partial charge on any atom is 0.180 e. The van der Waals surface area contributed by atoms with Crippen LogP contribution in [0.25, 0.3) is 0 Å². The molecule has 0 aromatic heterocycles. The minimum absolute atomic E-state index is 0. The van der Waals surface area contributed by atoms with Crippen LogP contribution >= 0.6 is 12.4 Å². The Morgan fingerprint density at radius 3 is 2.50 bits per heavy atom. The Kier molecular flexibility index (Phi) is 3.62. The van der Waals surface area contributed by atoms with Crippen molar-refractivity contribution in [3.63, 3.8) is 0 Å². The fraction of sp³-hybridized carbons (Fsp3) is 0.400. The Morgan fingerprint density at radius 2 is 2.00 bits per heavy atom. The lowest BCUT2D eigenvalue weighted by molar-refractivity contribution is 0.581. The number of benzene rings is 1. The predicted molar refractivity (Wildman–Crippen MR) is 61.9 cm³/mol. The zero-order valence-corrected chi connectivity index (χ0v) is 10.2. The average molecular weight is 266 g/mol. The first kappa shape index (κ1) is 13.4. The smallest absolute Gasteiger partial charge is 0.180 e. The lowest BCUT2D eigenvalue weighted by Crippen LogP contribution is -2.31. The van der Waals surface area contributed by atoms with E-state index in [1.54, 1.807) is 0 Å². The van der Waals surface area contributed by atoms with E-state index in [1.807, 2.05) is 0 Å². The first-order chi connectivity index (χ1) is 6.91. The molecular weight excluding hydrogens is 253 g/mol. The highest BCUT2D eigenvalue weighted by atomic mass is 35.5. The standard InChI is InChI=1S/C10H12FNO2S.ClH/c11-8-2-1-3-9(6-8)15(13,14)7-10(12)4-5-10;/h1-3,6H,4-5,7,12H2;1H. The second-order valence-electron chi connectivity index (χ2n) is 4.08. The molecule has 1 aromatic rings. The van der Waals surface area contributed by atoms with Crippen molar-refractivity contribution in [3.05, 3.63) is 30.1 Å². The molecule has 3 nitrogen and oxygen atoms in total. The van der Waals surface area contributed by atoms with E-state index in [4.69, 9.17) is 5.73 Å². The maximum atomic E-state index is 12.9. The Bertz CT molecular complexity index is 485. The Labute approximate surface area is 100 Å². The number of sulfone groups is 1. The molecule has 0 aliphatic heterocycles. The molecule has 0 bridgehead atoms. The molecule has 2 rings (SSSR count). The van der Waals surface area contributed by atoms with Crippen LogP contribution in [0.2, 0.25) is 0 Å². The molecule has 1 aliphatic rings. The van der Waals surface area contributed by atoms with Gasteiger partial charge in [-0.25, -0.2) is 12.8 Å². The summed E-state index contributed by atoms with van der Waals surface area (Å²) in [4.78, 5) is 0.0132. The predicted octanol–water partition coefficient (Wildman–Crippen LogP) is 1.51. The van der Waals surface area contributed by atoms with E-state index in [0.29, 0.717) is 0 Å². The van der Waals surface area contributed by atoms with Crippen LogP contribution in [-0.4, -0.2) is 19.7 Å². The molecule has 1 aliphatic carbocycles. The van der Waals surface area contributed by atoms with Gasteiger partial charge in [0, 0.05) is 5.54 Å². The van der Waals surface area contributed by atoms with E-state index in [2.05, 4.69) is 0 Å². The normalized spacial score (nSPS) is 17.6. The highest BCUT2D eigenvalue weighted by Crippen LogP contribution is 2.35. The number of halogens is 2. The highest BCUT2D eigenvalue weighted by Gasteiger charge is 2.42. The topological polar surface area (TPSA) is 60.2 Å². The van der Waals surface area contributed by atoms with Gasteiger partial charge in [-0.15, -0.1) is 12.4 Å². The quantitative estimate of drug-likeness (QED) is 0.901. The van der Waals surface area contributed by atoms with Crippen molar-refractivity contribution in [1.29, 1.82) is 0 Å². The number of hydrogen-bond acceptors (Lipinski definition) is 3. The summed E-state index contributed by atoms with van der Waals surface area (Å²) < 4.78 is 36.4. The lowest BCUT2D eigenvalue weighted by atomic mass is 10.3. The Morgan fingerprint density at radius 1 is 1.38 bits per heavy atom. The molecule has 1 aromatic carbocycles. The van der Waals surface area contributed by atoms with Gasteiger partial charge in [-0.05, 0) is 31.0 Å². The van der Waals surface area contributed by atoms with E-state index in [9.17, 15) is 12.8 Å². The van der Waals surface area contributed by atoms with E-state index in [1.165, 1.54) is 18.2 Å². The van der Waals surface area contributed by atoms with Gasteiger partial charge in [-0.2, -0.15) is 0 Å². The average Bonchev–Trinajstić information content (AvgIpc) is 2.82. The first-order valence-electron chi connectivity index (χ1n) is 4.69. The first-order valence-corrected chi connectivity index (χ1v) is 6.34. The van der Waals surface area contributed by atoms with E-state index in [0.717, 1.165) is 18.9 Å². The van der Waals surface area contributed by atoms with Crippen molar-refractivity contribution < 1.29 is 12.8 Å². The summed E-state index contributed by atoms with van der Waals surface area (Å²) in [7, 11) is -3.44. The van der Waals surface area contributed by atoms with Crippen molar-refractivity contribution in [2.45, 2.75) is 23.3 Å². The largest absolute Gasteiger partial charge is 0.324 e. The zero-order chi connectivity index (χ0) is 11.1. The molecular formula is C10H13ClFNO2S. The van der Waals surface area contributed by atoms with Crippen LogP contribution in [0, 0.1) is 5.82 Å². The third-order valence-corrected chi connectivity index (χ3v) is 4.45. The van der Waals surface area contributed by atoms with Crippen molar-refractivity contribution in [3.8, 4) is 0 Å². The second kappa shape index (κ2) is 4.31.